The smallest absolute Gasteiger partial charge is 0.0629 e. The van der Waals surface area contributed by atoms with Crippen molar-refractivity contribution in [2.45, 2.75) is 0 Å². The van der Waals surface area contributed by atoms with Crippen LogP contribution in [-0.2, 0) is 0 Å². The van der Waals surface area contributed by atoms with Crippen LogP contribution in [0.4, 0.5) is 0 Å². The minimum Gasteiger partial charge on any atom is -0.309 e. The lowest BCUT2D eigenvalue weighted by Gasteiger charge is -2.20. The molecule has 0 atom stereocenters. The Hall–Kier alpha value is -8.20. The summed E-state index contributed by atoms with van der Waals surface area (Å²) >= 11 is 0. The molecule has 0 saturated heterocycles. The molecule has 0 N–H and O–H groups in total. The van der Waals surface area contributed by atoms with Crippen molar-refractivity contribution < 1.29 is 27.4 Å². The Bertz CT molecular complexity index is 4480. The van der Waals surface area contributed by atoms with E-state index in [4.69, 9.17) is 16.4 Å². The van der Waals surface area contributed by atoms with Gasteiger partial charge in [0.1, 0.15) is 0 Å². The van der Waals surface area contributed by atoms with Crippen molar-refractivity contribution in [1.29, 1.82) is 0 Å². The zero-order valence-electron chi connectivity index (χ0n) is 52.4. The molecule has 12 rings (SSSR count). The Labute approximate surface area is 388 Å². The second-order valence-electron chi connectivity index (χ2n) is 14.6. The van der Waals surface area contributed by atoms with Crippen molar-refractivity contribution >= 4 is 43.6 Å². The molecular formula is C60H40N2. The van der Waals surface area contributed by atoms with Crippen LogP contribution in [0.3, 0.4) is 0 Å². The van der Waals surface area contributed by atoms with Crippen molar-refractivity contribution in [2.75, 3.05) is 0 Å². The first kappa shape index (κ1) is 20.9. The zero-order valence-corrected chi connectivity index (χ0v) is 32.4. The lowest BCUT2D eigenvalue weighted by molar-refractivity contribution is 1.17. The fourth-order valence-corrected chi connectivity index (χ4v) is 8.75. The number of benzene rings is 10. The second kappa shape index (κ2) is 14.8. The van der Waals surface area contributed by atoms with E-state index >= 15 is 0 Å². The maximum absolute atomic E-state index is 9.29. The van der Waals surface area contributed by atoms with E-state index in [1.54, 1.807) is 22.8 Å². The van der Waals surface area contributed by atoms with Gasteiger partial charge in [-0.15, -0.1) is 0 Å². The summed E-state index contributed by atoms with van der Waals surface area (Å²) in [5.74, 6) is 0. The van der Waals surface area contributed by atoms with Gasteiger partial charge in [0.15, 0.2) is 0 Å². The van der Waals surface area contributed by atoms with Crippen LogP contribution in [-0.4, -0.2) is 9.13 Å². The molecule has 0 aliphatic carbocycles. The zero-order chi connectivity index (χ0) is 58.4. The quantitative estimate of drug-likeness (QED) is 0.152. The number of nitrogens with zero attached hydrogens (tertiary/aromatic N) is 2. The lowest BCUT2D eigenvalue weighted by Crippen LogP contribution is -2.01. The molecule has 0 aliphatic rings. The molecule has 0 aliphatic heterocycles. The Morgan fingerprint density at radius 2 is 0.694 bits per heavy atom. The van der Waals surface area contributed by atoms with Gasteiger partial charge in [0.2, 0.25) is 0 Å². The van der Waals surface area contributed by atoms with E-state index in [-0.39, 0.29) is 61.3 Å². The Kier molecular flexibility index (Phi) is 4.98. The van der Waals surface area contributed by atoms with Crippen LogP contribution in [0.5, 0.6) is 0 Å². The Morgan fingerprint density at radius 3 is 1.19 bits per heavy atom. The highest BCUT2D eigenvalue weighted by atomic mass is 15.0. The minimum atomic E-state index is -0.657. The molecule has 0 bridgehead atoms. The fourth-order valence-electron chi connectivity index (χ4n) is 8.75. The molecule has 0 fully saturated rings. The monoisotopic (exact) mass is 808 g/mol. The summed E-state index contributed by atoms with van der Waals surface area (Å²) in [6.07, 6.45) is 0. The van der Waals surface area contributed by atoms with Gasteiger partial charge in [-0.3, -0.25) is 0 Å². The van der Waals surface area contributed by atoms with Crippen LogP contribution in [0.2, 0.25) is 0 Å². The first-order valence-corrected chi connectivity index (χ1v) is 19.7. The number of rotatable bonds is 7. The molecule has 10 aromatic carbocycles. The van der Waals surface area contributed by atoms with E-state index in [9.17, 15) is 11.0 Å². The third-order valence-corrected chi connectivity index (χ3v) is 11.3. The van der Waals surface area contributed by atoms with Gasteiger partial charge >= 0.3 is 0 Å². The van der Waals surface area contributed by atoms with Gasteiger partial charge in [-0.05, 0) is 87.0 Å². The van der Waals surface area contributed by atoms with Gasteiger partial charge in [0.05, 0.1) is 55.2 Å². The third kappa shape index (κ3) is 5.80. The van der Waals surface area contributed by atoms with Crippen molar-refractivity contribution in [1.82, 2.24) is 9.13 Å². The molecule has 290 valence electrons. The number of hydrogen-bond acceptors (Lipinski definition) is 0. The third-order valence-electron chi connectivity index (χ3n) is 11.3. The predicted octanol–water partition coefficient (Wildman–Crippen LogP) is 16.2. The molecule has 0 radical (unpaired) electrons. The normalized spacial score (nSPS) is 16.1. The topological polar surface area (TPSA) is 9.86 Å². The van der Waals surface area contributed by atoms with E-state index in [0.717, 1.165) is 21.8 Å². The first-order valence-electron chi connectivity index (χ1n) is 29.7. The summed E-state index contributed by atoms with van der Waals surface area (Å²) in [4.78, 5) is 0. The van der Waals surface area contributed by atoms with Gasteiger partial charge in [0.25, 0.3) is 0 Å². The molecule has 0 amide bonds. The van der Waals surface area contributed by atoms with Gasteiger partial charge in [-0.1, -0.05) is 200 Å². The average molecular weight is 809 g/mol. The molecule has 2 heteroatoms. The number of para-hydroxylation sites is 3. The summed E-state index contributed by atoms with van der Waals surface area (Å²) in [7, 11) is 0. The average Bonchev–Trinajstić information content (AvgIpc) is 4.06. The van der Waals surface area contributed by atoms with Gasteiger partial charge in [-0.25, -0.2) is 0 Å². The Balaban J connectivity index is 1.29. The molecule has 0 spiro atoms. The van der Waals surface area contributed by atoms with E-state index in [0.29, 0.717) is 27.5 Å². The highest BCUT2D eigenvalue weighted by Gasteiger charge is 2.23. The maximum atomic E-state index is 9.29. The molecule has 62 heavy (non-hydrogen) atoms. The Morgan fingerprint density at radius 1 is 0.290 bits per heavy atom. The standard InChI is InChI=1S/C60H40N2/c1-5-19-41(20-6-1)47-29-17-30-48(42-21-7-2-8-22-42)59(47)45-35-37-57-53(39-45)54-40-46(61-55-33-15-13-27-51(55)52-28-14-16-34-56(52)61)36-38-58(54)62(57)60-49(43-23-9-3-10-24-43)31-18-32-50(60)44-25-11-4-12-26-44/h1-40H/i1D,2D,3D,4D,5D,6D,7D,8D,9D,10D,11D,12D,19D,20D,21D,22D,23D,24D,25D,26D. The van der Waals surface area contributed by atoms with Gasteiger partial charge in [-0.2, -0.15) is 0 Å². The summed E-state index contributed by atoms with van der Waals surface area (Å²) in [5, 5.41) is 2.86. The number of fused-ring (bicyclic) bond motifs is 6. The second-order valence-corrected chi connectivity index (χ2v) is 14.6. The van der Waals surface area contributed by atoms with Gasteiger partial charge in [0, 0.05) is 38.4 Å². The van der Waals surface area contributed by atoms with Crippen molar-refractivity contribution in [3.8, 4) is 67.0 Å². The molecular weight excluding hydrogens is 749 g/mol. The minimum absolute atomic E-state index is 0.0330. The summed E-state index contributed by atoms with van der Waals surface area (Å²) in [6.45, 7) is 0. The number of hydrogen-bond donors (Lipinski definition) is 0. The SMILES string of the molecule is [2H]c1c([2H])c([2H])c(-c2cccc(-c3c([2H])c([2H])c([2H])c([2H])c3[2H])c2-c2ccc3c(c2)c2cc(-n4c5ccccc5c5ccccc54)ccc2n3-c2c(-c3c([2H])c([2H])c([2H])c([2H])c3[2H])cccc2-c2c([2H])c([2H])c([2H])c([2H])c2[2H])c([2H])c1[2H]. The van der Waals surface area contributed by atoms with Gasteiger partial charge < -0.3 is 9.13 Å². The van der Waals surface area contributed by atoms with Crippen LogP contribution >= 0.6 is 0 Å². The summed E-state index contributed by atoms with van der Waals surface area (Å²) in [6, 6.07) is 23.2. The van der Waals surface area contributed by atoms with E-state index in [1.807, 2.05) is 66.7 Å². The van der Waals surface area contributed by atoms with E-state index in [1.165, 1.54) is 36.4 Å². The largest absolute Gasteiger partial charge is 0.309 e. The predicted molar refractivity (Wildman–Crippen MR) is 262 cm³/mol. The van der Waals surface area contributed by atoms with Crippen LogP contribution in [0.1, 0.15) is 27.4 Å². The highest BCUT2D eigenvalue weighted by molar-refractivity contribution is 6.14. The molecule has 2 aromatic heterocycles. The highest BCUT2D eigenvalue weighted by Crippen LogP contribution is 2.46. The van der Waals surface area contributed by atoms with Crippen LogP contribution in [0.25, 0.3) is 111 Å². The molecule has 2 nitrogen and oxygen atoms in total. The van der Waals surface area contributed by atoms with E-state index in [2.05, 4.69) is 4.57 Å². The van der Waals surface area contributed by atoms with Crippen LogP contribution < -0.4 is 0 Å². The molecule has 0 unspecified atom stereocenters. The van der Waals surface area contributed by atoms with Crippen LogP contribution in [0, 0.1) is 0 Å². The van der Waals surface area contributed by atoms with Crippen molar-refractivity contribution in [3.05, 3.63) is 242 Å². The van der Waals surface area contributed by atoms with Crippen molar-refractivity contribution in [2.24, 2.45) is 0 Å². The number of aromatic nitrogens is 2. The maximum Gasteiger partial charge on any atom is 0.0629 e. The summed E-state index contributed by atoms with van der Waals surface area (Å²) < 4.78 is 182. The molecule has 12 aromatic rings. The molecule has 2 heterocycles. The van der Waals surface area contributed by atoms with Crippen LogP contribution in [0.15, 0.2) is 242 Å². The van der Waals surface area contributed by atoms with Crippen molar-refractivity contribution in [3.63, 3.8) is 0 Å². The van der Waals surface area contributed by atoms with E-state index < -0.39 is 121 Å². The lowest BCUT2D eigenvalue weighted by atomic mass is 9.87. The first-order chi connectivity index (χ1) is 39.1. The fraction of sp³-hybridized carbons (Fsp3) is 0. The molecule has 0 saturated carbocycles. The summed E-state index contributed by atoms with van der Waals surface area (Å²) in [5.41, 5.74) is 2.84.